The maximum Gasteiger partial charge on any atom is 0.252 e. The van der Waals surface area contributed by atoms with Crippen molar-refractivity contribution in [1.29, 1.82) is 0 Å². The van der Waals surface area contributed by atoms with Gasteiger partial charge in [-0.2, -0.15) is 16.9 Å². The van der Waals surface area contributed by atoms with Crippen molar-refractivity contribution >= 4 is 40.3 Å². The highest BCUT2D eigenvalue weighted by Gasteiger charge is 2.20. The normalized spacial score (nSPS) is 11.2. The minimum atomic E-state index is -0.0774. The molecule has 0 bridgehead atoms. The van der Waals surface area contributed by atoms with Crippen molar-refractivity contribution < 1.29 is 4.79 Å². The van der Waals surface area contributed by atoms with Gasteiger partial charge in [0.15, 0.2) is 5.65 Å². The quantitative estimate of drug-likeness (QED) is 0.495. The number of nitrogens with zero attached hydrogens (tertiary/aromatic N) is 3. The fourth-order valence-electron chi connectivity index (χ4n) is 3.30. The number of rotatable bonds is 8. The van der Waals surface area contributed by atoms with Crippen LogP contribution in [-0.2, 0) is 0 Å². The number of fused-ring (bicyclic) bond motifs is 1. The van der Waals surface area contributed by atoms with E-state index in [1.807, 2.05) is 56.8 Å². The van der Waals surface area contributed by atoms with Gasteiger partial charge in [0.2, 0.25) is 0 Å². The van der Waals surface area contributed by atoms with E-state index in [4.69, 9.17) is 16.6 Å². The standard InChI is InChI=1S/C22H27ClN4OS/c1-5-11-29-12-7-10-24-22(28)17-13-14(2)25-21-20(17)16(4)26-27(21)19-9-6-8-18(23)15(19)3/h6,8-9,13H,5,7,10-12H2,1-4H3,(H,24,28). The number of carbonyl (C=O) groups excluding carboxylic acids is 1. The first-order valence-corrected chi connectivity index (χ1v) is 11.5. The second kappa shape index (κ2) is 9.63. The lowest BCUT2D eigenvalue weighted by molar-refractivity contribution is 0.0955. The Kier molecular flexibility index (Phi) is 7.19. The summed E-state index contributed by atoms with van der Waals surface area (Å²) >= 11 is 8.24. The number of hydrogen-bond acceptors (Lipinski definition) is 4. The summed E-state index contributed by atoms with van der Waals surface area (Å²) in [6.07, 6.45) is 2.14. The molecule has 0 radical (unpaired) electrons. The van der Waals surface area contributed by atoms with Gasteiger partial charge < -0.3 is 5.32 Å². The SMILES string of the molecule is CCCSCCCNC(=O)c1cc(C)nc2c1c(C)nn2-c1cccc(Cl)c1C. The molecule has 3 rings (SSSR count). The van der Waals surface area contributed by atoms with Crippen molar-refractivity contribution in [1.82, 2.24) is 20.1 Å². The van der Waals surface area contributed by atoms with Gasteiger partial charge in [-0.15, -0.1) is 0 Å². The lowest BCUT2D eigenvalue weighted by Gasteiger charge is -2.10. The van der Waals surface area contributed by atoms with Gasteiger partial charge in [0.25, 0.3) is 5.91 Å². The summed E-state index contributed by atoms with van der Waals surface area (Å²) in [5.41, 5.74) is 4.65. The third-order valence-corrected chi connectivity index (χ3v) is 6.44. The van der Waals surface area contributed by atoms with Crippen molar-refractivity contribution in [3.63, 3.8) is 0 Å². The van der Waals surface area contributed by atoms with Crippen LogP contribution in [0.15, 0.2) is 24.3 Å². The Bertz CT molecular complexity index is 1030. The first-order valence-electron chi connectivity index (χ1n) is 9.92. The highest BCUT2D eigenvalue weighted by Crippen LogP contribution is 2.28. The zero-order valence-corrected chi connectivity index (χ0v) is 19.0. The van der Waals surface area contributed by atoms with Crippen LogP contribution in [0.1, 0.15) is 47.1 Å². The Hall–Kier alpha value is -2.05. The summed E-state index contributed by atoms with van der Waals surface area (Å²) in [5.74, 6) is 2.15. The molecular weight excluding hydrogens is 404 g/mol. The highest BCUT2D eigenvalue weighted by atomic mass is 35.5. The highest BCUT2D eigenvalue weighted by molar-refractivity contribution is 7.99. The number of thioether (sulfide) groups is 1. The number of aryl methyl sites for hydroxylation is 2. The van der Waals surface area contributed by atoms with E-state index in [-0.39, 0.29) is 5.91 Å². The number of hydrogen-bond donors (Lipinski definition) is 1. The van der Waals surface area contributed by atoms with Crippen LogP contribution in [0.5, 0.6) is 0 Å². The van der Waals surface area contributed by atoms with E-state index in [1.54, 1.807) is 4.68 Å². The molecule has 7 heteroatoms. The lowest BCUT2D eigenvalue weighted by Crippen LogP contribution is -2.25. The fourth-order valence-corrected chi connectivity index (χ4v) is 4.32. The number of pyridine rings is 1. The number of amides is 1. The van der Waals surface area contributed by atoms with Gasteiger partial charge in [-0.05, 0) is 68.9 Å². The molecule has 0 atom stereocenters. The molecular formula is C22H27ClN4OS. The molecule has 29 heavy (non-hydrogen) atoms. The maximum atomic E-state index is 12.9. The van der Waals surface area contributed by atoms with Crippen LogP contribution in [0.2, 0.25) is 5.02 Å². The van der Waals surface area contributed by atoms with E-state index in [0.29, 0.717) is 22.8 Å². The van der Waals surface area contributed by atoms with Crippen LogP contribution < -0.4 is 5.32 Å². The maximum absolute atomic E-state index is 12.9. The van der Waals surface area contributed by atoms with E-state index in [9.17, 15) is 4.79 Å². The molecule has 2 aromatic heterocycles. The van der Waals surface area contributed by atoms with Crippen LogP contribution in [0.3, 0.4) is 0 Å². The van der Waals surface area contributed by atoms with Gasteiger partial charge in [0, 0.05) is 17.3 Å². The first kappa shape index (κ1) is 21.7. The van der Waals surface area contributed by atoms with Gasteiger partial charge in [-0.1, -0.05) is 24.6 Å². The smallest absolute Gasteiger partial charge is 0.252 e. The average Bonchev–Trinajstić information content (AvgIpc) is 3.02. The molecule has 1 amide bonds. The Labute approximate surface area is 181 Å². The van der Waals surface area contributed by atoms with Gasteiger partial charge >= 0.3 is 0 Å². The number of carbonyl (C=O) groups is 1. The largest absolute Gasteiger partial charge is 0.352 e. The van der Waals surface area contributed by atoms with Gasteiger partial charge in [-0.25, -0.2) is 9.67 Å². The Balaban J connectivity index is 1.93. The molecule has 3 aromatic rings. The summed E-state index contributed by atoms with van der Waals surface area (Å²) < 4.78 is 1.79. The molecule has 0 saturated heterocycles. The second-order valence-corrected chi connectivity index (χ2v) is 8.74. The van der Waals surface area contributed by atoms with Gasteiger partial charge in [0.05, 0.1) is 22.3 Å². The van der Waals surface area contributed by atoms with Crippen LogP contribution >= 0.6 is 23.4 Å². The van der Waals surface area contributed by atoms with E-state index in [0.717, 1.165) is 40.2 Å². The van der Waals surface area contributed by atoms with Crippen molar-refractivity contribution in [2.45, 2.75) is 40.5 Å². The van der Waals surface area contributed by atoms with Crippen molar-refractivity contribution in [3.8, 4) is 5.69 Å². The first-order chi connectivity index (χ1) is 13.9. The Morgan fingerprint density at radius 1 is 1.24 bits per heavy atom. The third-order valence-electron chi connectivity index (χ3n) is 4.75. The van der Waals surface area contributed by atoms with E-state index in [2.05, 4.69) is 17.3 Å². The van der Waals surface area contributed by atoms with Crippen molar-refractivity contribution in [3.05, 3.63) is 51.8 Å². The molecule has 0 spiro atoms. The van der Waals surface area contributed by atoms with Crippen molar-refractivity contribution in [2.24, 2.45) is 0 Å². The van der Waals surface area contributed by atoms with Crippen LogP contribution in [-0.4, -0.2) is 38.7 Å². The topological polar surface area (TPSA) is 59.8 Å². The van der Waals surface area contributed by atoms with Crippen LogP contribution in [0.25, 0.3) is 16.7 Å². The zero-order chi connectivity index (χ0) is 21.0. The number of nitrogens with one attached hydrogen (secondary N) is 1. The minimum absolute atomic E-state index is 0.0774. The molecule has 0 aliphatic rings. The summed E-state index contributed by atoms with van der Waals surface area (Å²) in [7, 11) is 0. The average molecular weight is 431 g/mol. The Morgan fingerprint density at radius 3 is 2.79 bits per heavy atom. The van der Waals surface area contributed by atoms with Gasteiger partial charge in [0.1, 0.15) is 0 Å². The molecule has 0 aliphatic carbocycles. The summed E-state index contributed by atoms with van der Waals surface area (Å²) in [5, 5.41) is 9.20. The van der Waals surface area contributed by atoms with Gasteiger partial charge in [-0.3, -0.25) is 4.79 Å². The summed E-state index contributed by atoms with van der Waals surface area (Å²) in [6.45, 7) is 8.61. The van der Waals surface area contributed by atoms with Crippen LogP contribution in [0, 0.1) is 20.8 Å². The summed E-state index contributed by atoms with van der Waals surface area (Å²) in [6, 6.07) is 7.56. The minimum Gasteiger partial charge on any atom is -0.352 e. The molecule has 1 aromatic carbocycles. The van der Waals surface area contributed by atoms with E-state index in [1.165, 1.54) is 12.2 Å². The predicted octanol–water partition coefficient (Wildman–Crippen LogP) is 5.26. The molecule has 5 nitrogen and oxygen atoms in total. The molecule has 0 aliphatic heterocycles. The molecule has 0 fully saturated rings. The molecule has 0 saturated carbocycles. The van der Waals surface area contributed by atoms with Crippen LogP contribution in [0.4, 0.5) is 0 Å². The molecule has 1 N–H and O–H groups in total. The van der Waals surface area contributed by atoms with Crippen molar-refractivity contribution in [2.75, 3.05) is 18.1 Å². The van der Waals surface area contributed by atoms with E-state index >= 15 is 0 Å². The van der Waals surface area contributed by atoms with E-state index < -0.39 is 0 Å². The molecule has 2 heterocycles. The monoisotopic (exact) mass is 430 g/mol. The zero-order valence-electron chi connectivity index (χ0n) is 17.4. The predicted molar refractivity (Wildman–Crippen MR) is 123 cm³/mol. The third kappa shape index (κ3) is 4.75. The second-order valence-electron chi connectivity index (χ2n) is 7.11. The number of halogens is 1. The Morgan fingerprint density at radius 2 is 2.03 bits per heavy atom. The fraction of sp³-hybridized carbons (Fsp3) is 0.409. The summed E-state index contributed by atoms with van der Waals surface area (Å²) in [4.78, 5) is 17.6. The number of benzene rings is 1. The lowest BCUT2D eigenvalue weighted by atomic mass is 10.1. The molecule has 154 valence electrons. The number of aromatic nitrogens is 3. The molecule has 0 unspecified atom stereocenters.